The molecule has 0 radical (unpaired) electrons. The Kier molecular flexibility index (Phi) is 4.45. The molecule has 1 heterocycles. The molecule has 0 unspecified atom stereocenters. The number of carboxylic acid groups (broad SMARTS) is 1. The molecule has 0 bridgehead atoms. The van der Waals surface area contributed by atoms with Gasteiger partial charge in [0.2, 0.25) is 0 Å². The average molecular weight is 257 g/mol. The van der Waals surface area contributed by atoms with Crippen molar-refractivity contribution in [1.29, 1.82) is 0 Å². The van der Waals surface area contributed by atoms with Gasteiger partial charge in [-0.15, -0.1) is 12.4 Å². The van der Waals surface area contributed by atoms with E-state index >= 15 is 0 Å². The minimum Gasteiger partial charge on any atom is -0.476 e. The molecule has 0 atom stereocenters. The zero-order valence-electron chi connectivity index (χ0n) is 9.05. The first kappa shape index (κ1) is 13.4. The summed E-state index contributed by atoms with van der Waals surface area (Å²) in [5, 5.41) is 11.6. The number of hydrogen-bond donors (Lipinski definition) is 2. The van der Waals surface area contributed by atoms with Gasteiger partial charge in [-0.2, -0.15) is 0 Å². The van der Waals surface area contributed by atoms with Crippen LogP contribution >= 0.6 is 12.4 Å². The Morgan fingerprint density at radius 1 is 1.47 bits per heavy atom. The second kappa shape index (κ2) is 5.63. The lowest BCUT2D eigenvalue weighted by Crippen LogP contribution is -2.27. The monoisotopic (exact) mass is 256 g/mol. The van der Waals surface area contributed by atoms with Gasteiger partial charge in [0, 0.05) is 12.7 Å². The standard InChI is InChI=1S/C11H12N2O3.ClH/c14-10(13-6-7-3-4-7)8-2-1-5-12-9(8)11(15)16;/h1-2,5,7H,3-4,6H2,(H,13,14)(H,15,16);1H. The van der Waals surface area contributed by atoms with Crippen molar-refractivity contribution in [3.8, 4) is 0 Å². The van der Waals surface area contributed by atoms with Gasteiger partial charge in [0.25, 0.3) is 5.91 Å². The quantitative estimate of drug-likeness (QED) is 0.852. The summed E-state index contributed by atoms with van der Waals surface area (Å²) >= 11 is 0. The highest BCUT2D eigenvalue weighted by Gasteiger charge is 2.23. The number of aromatic nitrogens is 1. The molecule has 6 heteroatoms. The van der Waals surface area contributed by atoms with Crippen molar-refractivity contribution in [2.45, 2.75) is 12.8 Å². The number of rotatable bonds is 4. The smallest absolute Gasteiger partial charge is 0.355 e. The molecule has 1 amide bonds. The number of carbonyl (C=O) groups excluding carboxylic acids is 1. The Morgan fingerprint density at radius 2 is 2.18 bits per heavy atom. The minimum absolute atomic E-state index is 0. The van der Waals surface area contributed by atoms with Crippen LogP contribution in [0.25, 0.3) is 0 Å². The molecule has 1 aliphatic rings. The lowest BCUT2D eigenvalue weighted by molar-refractivity contribution is 0.0684. The van der Waals surface area contributed by atoms with Crippen molar-refractivity contribution in [2.24, 2.45) is 5.92 Å². The van der Waals surface area contributed by atoms with E-state index in [1.807, 2.05) is 0 Å². The number of carboxylic acids is 1. The van der Waals surface area contributed by atoms with Gasteiger partial charge in [-0.25, -0.2) is 9.78 Å². The van der Waals surface area contributed by atoms with E-state index in [0.717, 1.165) is 12.8 Å². The molecular formula is C11H13ClN2O3. The summed E-state index contributed by atoms with van der Waals surface area (Å²) in [6.45, 7) is 0.618. The predicted molar refractivity (Wildman–Crippen MR) is 63.5 cm³/mol. The van der Waals surface area contributed by atoms with Crippen molar-refractivity contribution in [2.75, 3.05) is 6.54 Å². The number of carbonyl (C=O) groups is 2. The van der Waals surface area contributed by atoms with Crippen LogP contribution in [0, 0.1) is 5.92 Å². The third kappa shape index (κ3) is 3.42. The van der Waals surface area contributed by atoms with Crippen LogP contribution in [0.1, 0.15) is 33.7 Å². The Morgan fingerprint density at radius 3 is 2.76 bits per heavy atom. The van der Waals surface area contributed by atoms with E-state index in [9.17, 15) is 9.59 Å². The molecule has 0 aliphatic heterocycles. The first-order valence-corrected chi connectivity index (χ1v) is 5.15. The fourth-order valence-electron chi connectivity index (χ4n) is 1.41. The third-order valence-corrected chi connectivity index (χ3v) is 2.50. The van der Waals surface area contributed by atoms with Gasteiger partial charge in [0.15, 0.2) is 5.69 Å². The Hall–Kier alpha value is -1.62. The third-order valence-electron chi connectivity index (χ3n) is 2.50. The molecule has 0 spiro atoms. The maximum absolute atomic E-state index is 11.7. The first-order valence-electron chi connectivity index (χ1n) is 5.15. The van der Waals surface area contributed by atoms with Gasteiger partial charge >= 0.3 is 5.97 Å². The molecule has 17 heavy (non-hydrogen) atoms. The van der Waals surface area contributed by atoms with E-state index in [1.54, 1.807) is 6.07 Å². The summed E-state index contributed by atoms with van der Waals surface area (Å²) in [5.41, 5.74) is -0.0774. The molecule has 0 saturated heterocycles. The highest BCUT2D eigenvalue weighted by atomic mass is 35.5. The van der Waals surface area contributed by atoms with Crippen molar-refractivity contribution < 1.29 is 14.7 Å². The van der Waals surface area contributed by atoms with Crippen LogP contribution in [0.2, 0.25) is 0 Å². The molecule has 1 aromatic heterocycles. The van der Waals surface area contributed by atoms with Crippen LogP contribution in [0.3, 0.4) is 0 Å². The Bertz CT molecular complexity index is 432. The van der Waals surface area contributed by atoms with Gasteiger partial charge in [0.1, 0.15) is 0 Å². The average Bonchev–Trinajstić information content (AvgIpc) is 3.09. The molecule has 1 aromatic rings. The SMILES string of the molecule is Cl.O=C(NCC1CC1)c1cccnc1C(=O)O. The van der Waals surface area contributed by atoms with Crippen LogP contribution in [0.5, 0.6) is 0 Å². The van der Waals surface area contributed by atoms with Gasteiger partial charge in [-0.1, -0.05) is 0 Å². The number of nitrogens with zero attached hydrogens (tertiary/aromatic N) is 1. The fraction of sp³-hybridized carbons (Fsp3) is 0.364. The fourth-order valence-corrected chi connectivity index (χ4v) is 1.41. The second-order valence-electron chi connectivity index (χ2n) is 3.86. The van der Waals surface area contributed by atoms with E-state index in [2.05, 4.69) is 10.3 Å². The highest BCUT2D eigenvalue weighted by Crippen LogP contribution is 2.27. The molecule has 92 valence electrons. The molecule has 2 rings (SSSR count). The van der Waals surface area contributed by atoms with Crippen molar-refractivity contribution in [3.05, 3.63) is 29.6 Å². The maximum Gasteiger partial charge on any atom is 0.355 e. The zero-order valence-corrected chi connectivity index (χ0v) is 9.87. The zero-order chi connectivity index (χ0) is 11.5. The lowest BCUT2D eigenvalue weighted by atomic mass is 10.2. The summed E-state index contributed by atoms with van der Waals surface area (Å²) in [4.78, 5) is 26.2. The number of hydrogen-bond acceptors (Lipinski definition) is 3. The van der Waals surface area contributed by atoms with Crippen LogP contribution in [-0.4, -0.2) is 28.5 Å². The molecule has 1 fully saturated rings. The highest BCUT2D eigenvalue weighted by molar-refractivity contribution is 6.03. The van der Waals surface area contributed by atoms with Gasteiger partial charge < -0.3 is 10.4 Å². The molecule has 5 nitrogen and oxygen atoms in total. The van der Waals surface area contributed by atoms with Crippen LogP contribution in [0.4, 0.5) is 0 Å². The Labute approximate surface area is 105 Å². The van der Waals surface area contributed by atoms with Crippen molar-refractivity contribution in [3.63, 3.8) is 0 Å². The van der Waals surface area contributed by atoms with Crippen molar-refractivity contribution in [1.82, 2.24) is 10.3 Å². The van der Waals surface area contributed by atoms with Crippen LogP contribution in [0.15, 0.2) is 18.3 Å². The normalized spacial score (nSPS) is 13.6. The van der Waals surface area contributed by atoms with Crippen molar-refractivity contribution >= 4 is 24.3 Å². The van der Waals surface area contributed by atoms with Gasteiger partial charge in [0.05, 0.1) is 5.56 Å². The topological polar surface area (TPSA) is 79.3 Å². The maximum atomic E-state index is 11.7. The Balaban J connectivity index is 0.00000144. The first-order chi connectivity index (χ1) is 7.68. The number of amides is 1. The number of halogens is 1. The molecule has 1 saturated carbocycles. The van der Waals surface area contributed by atoms with E-state index in [-0.39, 0.29) is 29.6 Å². The summed E-state index contributed by atoms with van der Waals surface area (Å²) in [6.07, 6.45) is 3.64. The molecule has 2 N–H and O–H groups in total. The number of aromatic carboxylic acids is 1. The summed E-state index contributed by atoms with van der Waals surface area (Å²) < 4.78 is 0. The van der Waals surface area contributed by atoms with Gasteiger partial charge in [-0.05, 0) is 30.9 Å². The largest absolute Gasteiger partial charge is 0.476 e. The number of nitrogens with one attached hydrogen (secondary N) is 1. The summed E-state index contributed by atoms with van der Waals surface area (Å²) in [5.74, 6) is -0.983. The van der Waals surface area contributed by atoms with Gasteiger partial charge in [-0.3, -0.25) is 4.79 Å². The van der Waals surface area contributed by atoms with E-state index in [0.29, 0.717) is 12.5 Å². The summed E-state index contributed by atoms with van der Waals surface area (Å²) in [6, 6.07) is 3.02. The predicted octanol–water partition coefficient (Wildman–Crippen LogP) is 1.34. The van der Waals surface area contributed by atoms with E-state index in [4.69, 9.17) is 5.11 Å². The van der Waals surface area contributed by atoms with E-state index in [1.165, 1.54) is 12.3 Å². The molecule has 0 aromatic carbocycles. The van der Waals surface area contributed by atoms with Crippen LogP contribution < -0.4 is 5.32 Å². The minimum atomic E-state index is -1.18. The second-order valence-corrected chi connectivity index (χ2v) is 3.86. The van der Waals surface area contributed by atoms with Crippen LogP contribution in [-0.2, 0) is 0 Å². The summed E-state index contributed by atoms with van der Waals surface area (Å²) in [7, 11) is 0. The molecular weight excluding hydrogens is 244 g/mol. The number of pyridine rings is 1. The lowest BCUT2D eigenvalue weighted by Gasteiger charge is -2.05. The molecule has 1 aliphatic carbocycles. The van der Waals surface area contributed by atoms with E-state index < -0.39 is 5.97 Å².